The maximum absolute atomic E-state index is 4.86. The number of nitrogens with zero attached hydrogens (tertiary/aromatic N) is 2. The molecule has 0 aliphatic heterocycles. The van der Waals surface area contributed by atoms with Crippen molar-refractivity contribution < 1.29 is 0 Å². The molecule has 0 amide bonds. The van der Waals surface area contributed by atoms with Crippen molar-refractivity contribution in [2.75, 3.05) is 18.0 Å². The lowest BCUT2D eigenvalue weighted by molar-refractivity contribution is 0.318. The van der Waals surface area contributed by atoms with Gasteiger partial charge in [0.25, 0.3) is 0 Å². The largest absolute Gasteiger partial charge is 0.357 e. The van der Waals surface area contributed by atoms with Gasteiger partial charge in [-0.25, -0.2) is 4.98 Å². The third kappa shape index (κ3) is 4.70. The number of rotatable bonds is 8. The minimum atomic E-state index is 0.518. The highest BCUT2D eigenvalue weighted by Gasteiger charge is 2.21. The van der Waals surface area contributed by atoms with Gasteiger partial charge in [0.1, 0.15) is 5.82 Å². The van der Waals surface area contributed by atoms with Crippen LogP contribution in [0.1, 0.15) is 58.2 Å². The number of hydrogen-bond donors (Lipinski definition) is 1. The molecule has 3 nitrogen and oxygen atoms in total. The fourth-order valence-corrected chi connectivity index (χ4v) is 2.77. The van der Waals surface area contributed by atoms with Crippen LogP contribution in [0, 0.1) is 5.92 Å². The fourth-order valence-electron chi connectivity index (χ4n) is 2.77. The Morgan fingerprint density at radius 2 is 2.05 bits per heavy atom. The van der Waals surface area contributed by atoms with Gasteiger partial charge in [-0.05, 0) is 49.8 Å². The van der Waals surface area contributed by atoms with Gasteiger partial charge in [-0.3, -0.25) is 0 Å². The third-order valence-electron chi connectivity index (χ3n) is 4.41. The summed E-state index contributed by atoms with van der Waals surface area (Å²) in [7, 11) is 0. The van der Waals surface area contributed by atoms with Gasteiger partial charge >= 0.3 is 0 Å². The van der Waals surface area contributed by atoms with E-state index in [-0.39, 0.29) is 0 Å². The van der Waals surface area contributed by atoms with Crippen molar-refractivity contribution in [3.63, 3.8) is 0 Å². The molecule has 1 fully saturated rings. The van der Waals surface area contributed by atoms with Crippen LogP contribution in [-0.2, 0) is 13.0 Å². The normalized spacial score (nSPS) is 15.3. The van der Waals surface area contributed by atoms with Gasteiger partial charge < -0.3 is 10.2 Å². The maximum Gasteiger partial charge on any atom is 0.129 e. The highest BCUT2D eigenvalue weighted by atomic mass is 15.2. The highest BCUT2D eigenvalue weighted by Crippen LogP contribution is 2.28. The van der Waals surface area contributed by atoms with Gasteiger partial charge in [0.15, 0.2) is 0 Å². The number of pyridine rings is 1. The van der Waals surface area contributed by atoms with Gasteiger partial charge in [0.2, 0.25) is 0 Å². The molecule has 0 radical (unpaired) electrons. The predicted octanol–water partition coefficient (Wildman–Crippen LogP) is 3.77. The van der Waals surface area contributed by atoms with Crippen LogP contribution < -0.4 is 10.2 Å². The van der Waals surface area contributed by atoms with Crippen LogP contribution in [-0.4, -0.2) is 24.1 Å². The monoisotopic (exact) mass is 289 g/mol. The van der Waals surface area contributed by atoms with Crippen LogP contribution in [0.2, 0.25) is 0 Å². The summed E-state index contributed by atoms with van der Waals surface area (Å²) in [6.07, 6.45) is 5.20. The average Bonchev–Trinajstić information content (AvgIpc) is 2.43. The Balaban J connectivity index is 2.12. The standard InChI is InChI=1S/C18H31N3/c1-5-17-10-16(12-19-14(3)4)11-18(20-17)21(6-2)13-15-8-7-9-15/h10-11,14-15,19H,5-9,12-13H2,1-4H3. The molecule has 21 heavy (non-hydrogen) atoms. The van der Waals surface area contributed by atoms with Crippen molar-refractivity contribution in [3.05, 3.63) is 23.4 Å². The predicted molar refractivity (Wildman–Crippen MR) is 90.8 cm³/mol. The van der Waals surface area contributed by atoms with E-state index >= 15 is 0 Å². The molecule has 0 atom stereocenters. The Morgan fingerprint density at radius 1 is 1.29 bits per heavy atom. The molecule has 1 aromatic rings. The van der Waals surface area contributed by atoms with E-state index in [2.05, 4.69) is 50.0 Å². The molecule has 0 aromatic carbocycles. The lowest BCUT2D eigenvalue weighted by atomic mass is 9.85. The molecule has 1 heterocycles. The first-order chi connectivity index (χ1) is 10.1. The minimum absolute atomic E-state index is 0.518. The van der Waals surface area contributed by atoms with Gasteiger partial charge in [-0.2, -0.15) is 0 Å². The minimum Gasteiger partial charge on any atom is -0.357 e. The summed E-state index contributed by atoms with van der Waals surface area (Å²) in [5, 5.41) is 3.51. The second-order valence-electron chi connectivity index (χ2n) is 6.55. The van der Waals surface area contributed by atoms with E-state index in [1.807, 2.05) is 0 Å². The molecule has 1 aromatic heterocycles. The summed E-state index contributed by atoms with van der Waals surface area (Å²) < 4.78 is 0. The molecule has 2 rings (SSSR count). The second kappa shape index (κ2) is 7.79. The topological polar surface area (TPSA) is 28.2 Å². The molecule has 0 bridgehead atoms. The lowest BCUT2D eigenvalue weighted by Gasteiger charge is -2.32. The quantitative estimate of drug-likeness (QED) is 0.789. The summed E-state index contributed by atoms with van der Waals surface area (Å²) in [6, 6.07) is 5.04. The molecule has 1 aliphatic rings. The summed E-state index contributed by atoms with van der Waals surface area (Å²) in [5.41, 5.74) is 2.57. The van der Waals surface area contributed by atoms with E-state index in [0.29, 0.717) is 6.04 Å². The lowest BCUT2D eigenvalue weighted by Crippen LogP contribution is -2.33. The second-order valence-corrected chi connectivity index (χ2v) is 6.55. The molecule has 0 saturated heterocycles. The van der Waals surface area contributed by atoms with Crippen molar-refractivity contribution in [1.82, 2.24) is 10.3 Å². The zero-order valence-corrected chi connectivity index (χ0v) is 14.2. The third-order valence-corrected chi connectivity index (χ3v) is 4.41. The molecule has 1 N–H and O–H groups in total. The fraction of sp³-hybridized carbons (Fsp3) is 0.722. The first-order valence-corrected chi connectivity index (χ1v) is 8.60. The SMILES string of the molecule is CCc1cc(CNC(C)C)cc(N(CC)CC2CCC2)n1. The van der Waals surface area contributed by atoms with E-state index in [4.69, 9.17) is 4.98 Å². The van der Waals surface area contributed by atoms with Crippen LogP contribution >= 0.6 is 0 Å². The van der Waals surface area contributed by atoms with E-state index < -0.39 is 0 Å². The molecular weight excluding hydrogens is 258 g/mol. The van der Waals surface area contributed by atoms with Crippen molar-refractivity contribution in [2.45, 2.75) is 66.0 Å². The number of aromatic nitrogens is 1. The molecule has 118 valence electrons. The summed E-state index contributed by atoms with van der Waals surface area (Å²) in [4.78, 5) is 7.32. The average molecular weight is 289 g/mol. The summed E-state index contributed by atoms with van der Waals surface area (Å²) in [6.45, 7) is 12.0. The Morgan fingerprint density at radius 3 is 2.57 bits per heavy atom. The van der Waals surface area contributed by atoms with E-state index in [0.717, 1.165) is 25.4 Å². The van der Waals surface area contributed by atoms with E-state index in [9.17, 15) is 0 Å². The molecule has 3 heteroatoms. The van der Waals surface area contributed by atoms with Crippen molar-refractivity contribution in [2.24, 2.45) is 5.92 Å². The molecule has 0 unspecified atom stereocenters. The zero-order valence-electron chi connectivity index (χ0n) is 14.2. The molecule has 0 spiro atoms. The van der Waals surface area contributed by atoms with E-state index in [1.54, 1.807) is 0 Å². The van der Waals surface area contributed by atoms with Crippen LogP contribution in [0.5, 0.6) is 0 Å². The molecule has 1 saturated carbocycles. The summed E-state index contributed by atoms with van der Waals surface area (Å²) in [5.74, 6) is 2.05. The van der Waals surface area contributed by atoms with Crippen molar-refractivity contribution >= 4 is 5.82 Å². The van der Waals surface area contributed by atoms with Gasteiger partial charge in [0.05, 0.1) is 0 Å². The van der Waals surface area contributed by atoms with Crippen LogP contribution in [0.25, 0.3) is 0 Å². The van der Waals surface area contributed by atoms with Crippen LogP contribution in [0.4, 0.5) is 5.82 Å². The Hall–Kier alpha value is -1.09. The van der Waals surface area contributed by atoms with Gasteiger partial charge in [-0.1, -0.05) is 27.2 Å². The Labute approximate surface area is 130 Å². The number of nitrogens with one attached hydrogen (secondary N) is 1. The Bertz CT molecular complexity index is 438. The first-order valence-electron chi connectivity index (χ1n) is 8.60. The van der Waals surface area contributed by atoms with E-state index in [1.165, 1.54) is 42.9 Å². The van der Waals surface area contributed by atoms with Crippen LogP contribution in [0.15, 0.2) is 12.1 Å². The van der Waals surface area contributed by atoms with Crippen LogP contribution in [0.3, 0.4) is 0 Å². The number of hydrogen-bond acceptors (Lipinski definition) is 3. The smallest absolute Gasteiger partial charge is 0.129 e. The van der Waals surface area contributed by atoms with Gasteiger partial charge in [-0.15, -0.1) is 0 Å². The highest BCUT2D eigenvalue weighted by molar-refractivity contribution is 5.43. The Kier molecular flexibility index (Phi) is 6.04. The first kappa shape index (κ1) is 16.3. The molecular formula is C18H31N3. The van der Waals surface area contributed by atoms with Crippen molar-refractivity contribution in [3.8, 4) is 0 Å². The maximum atomic E-state index is 4.86. The van der Waals surface area contributed by atoms with Gasteiger partial charge in [0, 0.05) is 31.4 Å². The van der Waals surface area contributed by atoms with Crippen molar-refractivity contribution in [1.29, 1.82) is 0 Å². The molecule has 1 aliphatic carbocycles. The number of anilines is 1. The zero-order chi connectivity index (χ0) is 15.2. The number of aryl methyl sites for hydroxylation is 1. The summed E-state index contributed by atoms with van der Waals surface area (Å²) >= 11 is 0.